The summed E-state index contributed by atoms with van der Waals surface area (Å²) < 4.78 is 0. The standard InChI is InChI=1S/C19H19NO3S/c21-18(22)10-13-11-20(15-7-3-2-6-14(13)15)19(23)17-9-12-5-1-4-8-16(12)24-17/h2-3,6-7,9,13H,1,4-5,8,10-11H2,(H,21,22). The Morgan fingerprint density at radius 3 is 2.79 bits per heavy atom. The van der Waals surface area contributed by atoms with Gasteiger partial charge in [0.05, 0.1) is 11.3 Å². The average Bonchev–Trinajstić information content (AvgIpc) is 3.16. The first-order valence-corrected chi connectivity index (χ1v) is 9.19. The zero-order valence-corrected chi connectivity index (χ0v) is 14.1. The highest BCUT2D eigenvalue weighted by atomic mass is 32.1. The number of carboxylic acids is 1. The van der Waals surface area contributed by atoms with Gasteiger partial charge in [-0.05, 0) is 48.9 Å². The number of fused-ring (bicyclic) bond motifs is 2. The van der Waals surface area contributed by atoms with Gasteiger partial charge in [0.2, 0.25) is 0 Å². The van der Waals surface area contributed by atoms with Crippen molar-refractivity contribution in [2.45, 2.75) is 38.0 Å². The molecule has 1 aromatic heterocycles. The summed E-state index contributed by atoms with van der Waals surface area (Å²) in [7, 11) is 0. The van der Waals surface area contributed by atoms with E-state index in [0.29, 0.717) is 6.54 Å². The van der Waals surface area contributed by atoms with Gasteiger partial charge in [0.15, 0.2) is 0 Å². The Morgan fingerprint density at radius 2 is 2.00 bits per heavy atom. The first kappa shape index (κ1) is 15.4. The minimum atomic E-state index is -0.823. The van der Waals surface area contributed by atoms with Crippen LogP contribution in [-0.4, -0.2) is 23.5 Å². The summed E-state index contributed by atoms with van der Waals surface area (Å²) in [5.74, 6) is -0.942. The normalized spacial score (nSPS) is 19.0. The highest BCUT2D eigenvalue weighted by molar-refractivity contribution is 7.14. The predicted molar refractivity (Wildman–Crippen MR) is 94.1 cm³/mol. The highest BCUT2D eigenvalue weighted by Gasteiger charge is 2.34. The monoisotopic (exact) mass is 341 g/mol. The van der Waals surface area contributed by atoms with E-state index in [9.17, 15) is 9.59 Å². The molecule has 2 aliphatic rings. The molecule has 0 saturated carbocycles. The molecule has 2 aromatic rings. The molecule has 1 unspecified atom stereocenters. The Kier molecular flexibility index (Phi) is 3.88. The molecule has 124 valence electrons. The highest BCUT2D eigenvalue weighted by Crippen LogP contribution is 2.40. The molecule has 1 aliphatic carbocycles. The smallest absolute Gasteiger partial charge is 0.304 e. The fourth-order valence-corrected chi connectivity index (χ4v) is 5.00. The number of carbonyl (C=O) groups is 2. The first-order valence-electron chi connectivity index (χ1n) is 8.37. The van der Waals surface area contributed by atoms with Gasteiger partial charge in [-0.3, -0.25) is 9.59 Å². The van der Waals surface area contributed by atoms with Crippen molar-refractivity contribution in [3.05, 3.63) is 51.2 Å². The molecule has 0 saturated heterocycles. The molecule has 0 fully saturated rings. The maximum atomic E-state index is 13.0. The van der Waals surface area contributed by atoms with Crippen LogP contribution in [0.15, 0.2) is 30.3 Å². The summed E-state index contributed by atoms with van der Waals surface area (Å²) in [6.45, 7) is 0.451. The van der Waals surface area contributed by atoms with Gasteiger partial charge in [0, 0.05) is 23.0 Å². The van der Waals surface area contributed by atoms with Gasteiger partial charge in [-0.2, -0.15) is 0 Å². The zero-order chi connectivity index (χ0) is 16.7. The number of nitrogens with zero attached hydrogens (tertiary/aromatic N) is 1. The summed E-state index contributed by atoms with van der Waals surface area (Å²) >= 11 is 1.61. The predicted octanol–water partition coefficient (Wildman–Crippen LogP) is 3.85. The van der Waals surface area contributed by atoms with E-state index < -0.39 is 5.97 Å². The van der Waals surface area contributed by atoms with Crippen molar-refractivity contribution in [1.29, 1.82) is 0 Å². The zero-order valence-electron chi connectivity index (χ0n) is 13.3. The minimum absolute atomic E-state index is 0.00902. The summed E-state index contributed by atoms with van der Waals surface area (Å²) in [6, 6.07) is 9.72. The van der Waals surface area contributed by atoms with E-state index in [-0.39, 0.29) is 18.2 Å². The van der Waals surface area contributed by atoms with Crippen LogP contribution in [0.4, 0.5) is 5.69 Å². The Labute approximate surface area is 144 Å². The lowest BCUT2D eigenvalue weighted by Crippen LogP contribution is -2.29. The molecule has 0 spiro atoms. The third-order valence-electron chi connectivity index (χ3n) is 4.94. The van der Waals surface area contributed by atoms with Gasteiger partial charge in [0.25, 0.3) is 5.91 Å². The maximum absolute atomic E-state index is 13.0. The number of hydrogen-bond donors (Lipinski definition) is 1. The van der Waals surface area contributed by atoms with Gasteiger partial charge in [0.1, 0.15) is 0 Å². The molecule has 0 bridgehead atoms. The van der Waals surface area contributed by atoms with Crippen molar-refractivity contribution in [3.8, 4) is 0 Å². The number of anilines is 1. The van der Waals surface area contributed by atoms with Crippen molar-refractivity contribution >= 4 is 28.9 Å². The third-order valence-corrected chi connectivity index (χ3v) is 6.17. The number of rotatable bonds is 3. The van der Waals surface area contributed by atoms with Crippen LogP contribution >= 0.6 is 11.3 Å². The molecule has 2 heterocycles. The number of carbonyl (C=O) groups excluding carboxylic acids is 1. The van der Waals surface area contributed by atoms with Gasteiger partial charge < -0.3 is 10.0 Å². The third kappa shape index (κ3) is 2.63. The van der Waals surface area contributed by atoms with Gasteiger partial charge in [-0.15, -0.1) is 11.3 Å². The summed E-state index contributed by atoms with van der Waals surface area (Å²) in [6.07, 6.45) is 4.60. The minimum Gasteiger partial charge on any atom is -0.481 e. The Balaban J connectivity index is 1.65. The molecule has 5 heteroatoms. The number of amides is 1. The molecule has 1 aromatic carbocycles. The summed E-state index contributed by atoms with van der Waals surface area (Å²) in [5.41, 5.74) is 3.15. The molecule has 24 heavy (non-hydrogen) atoms. The van der Waals surface area contributed by atoms with Crippen LogP contribution in [0.25, 0.3) is 0 Å². The number of carboxylic acid groups (broad SMARTS) is 1. The topological polar surface area (TPSA) is 57.6 Å². The van der Waals surface area contributed by atoms with Crippen LogP contribution in [0, 0.1) is 0 Å². The number of para-hydroxylation sites is 1. The fourth-order valence-electron chi connectivity index (χ4n) is 3.80. The van der Waals surface area contributed by atoms with Crippen LogP contribution in [-0.2, 0) is 17.6 Å². The first-order chi connectivity index (χ1) is 11.6. The second-order valence-corrected chi connectivity index (χ2v) is 7.67. The summed E-state index contributed by atoms with van der Waals surface area (Å²) in [4.78, 5) is 28.1. The Bertz CT molecular complexity index is 787. The van der Waals surface area contributed by atoms with Crippen LogP contribution < -0.4 is 4.90 Å². The van der Waals surface area contributed by atoms with Crippen LogP contribution in [0.2, 0.25) is 0 Å². The van der Waals surface area contributed by atoms with E-state index in [0.717, 1.165) is 29.0 Å². The van der Waals surface area contributed by atoms with E-state index >= 15 is 0 Å². The van der Waals surface area contributed by atoms with Gasteiger partial charge >= 0.3 is 5.97 Å². The van der Waals surface area contributed by atoms with E-state index in [1.165, 1.54) is 23.3 Å². The van der Waals surface area contributed by atoms with E-state index in [1.54, 1.807) is 16.2 Å². The van der Waals surface area contributed by atoms with Crippen molar-refractivity contribution in [2.75, 3.05) is 11.4 Å². The molecule has 1 N–H and O–H groups in total. The molecule has 4 nitrogen and oxygen atoms in total. The molecular formula is C19H19NO3S. The average molecular weight is 341 g/mol. The van der Waals surface area contributed by atoms with Crippen LogP contribution in [0.5, 0.6) is 0 Å². The molecule has 1 amide bonds. The van der Waals surface area contributed by atoms with Crippen molar-refractivity contribution in [2.24, 2.45) is 0 Å². The van der Waals surface area contributed by atoms with Crippen LogP contribution in [0.1, 0.15) is 50.9 Å². The SMILES string of the molecule is O=C(O)CC1CN(C(=O)c2cc3c(s2)CCCC3)c2ccccc21. The number of aliphatic carboxylic acids is 1. The van der Waals surface area contributed by atoms with Crippen molar-refractivity contribution < 1.29 is 14.7 Å². The number of hydrogen-bond acceptors (Lipinski definition) is 3. The summed E-state index contributed by atoms with van der Waals surface area (Å²) in [5, 5.41) is 9.15. The maximum Gasteiger partial charge on any atom is 0.304 e. The van der Waals surface area contributed by atoms with Crippen LogP contribution in [0.3, 0.4) is 0 Å². The molecule has 1 atom stereocenters. The second-order valence-electron chi connectivity index (χ2n) is 6.54. The van der Waals surface area contributed by atoms with E-state index in [4.69, 9.17) is 5.11 Å². The lowest BCUT2D eigenvalue weighted by atomic mass is 9.98. The Hall–Kier alpha value is -2.14. The lowest BCUT2D eigenvalue weighted by molar-refractivity contribution is -0.137. The van der Waals surface area contributed by atoms with E-state index in [2.05, 4.69) is 6.07 Å². The lowest BCUT2D eigenvalue weighted by Gasteiger charge is -2.16. The second kappa shape index (κ2) is 6.06. The quantitative estimate of drug-likeness (QED) is 0.922. The number of thiophene rings is 1. The van der Waals surface area contributed by atoms with Gasteiger partial charge in [-0.25, -0.2) is 0 Å². The molecule has 1 aliphatic heterocycles. The molecule has 4 rings (SSSR count). The van der Waals surface area contributed by atoms with Crippen molar-refractivity contribution in [1.82, 2.24) is 0 Å². The number of aryl methyl sites for hydroxylation is 2. The molecule has 0 radical (unpaired) electrons. The Morgan fingerprint density at radius 1 is 1.21 bits per heavy atom. The molecular weight excluding hydrogens is 322 g/mol. The fraction of sp³-hybridized carbons (Fsp3) is 0.368. The van der Waals surface area contributed by atoms with Crippen molar-refractivity contribution in [3.63, 3.8) is 0 Å². The largest absolute Gasteiger partial charge is 0.481 e. The van der Waals surface area contributed by atoms with E-state index in [1.807, 2.05) is 24.3 Å². The number of benzene rings is 1. The van der Waals surface area contributed by atoms with Gasteiger partial charge in [-0.1, -0.05) is 18.2 Å².